The molecule has 156 valence electrons. The van der Waals surface area contributed by atoms with Crippen molar-refractivity contribution in [3.8, 4) is 5.88 Å². The van der Waals surface area contributed by atoms with E-state index in [1.165, 1.54) is 10.9 Å². The molecule has 4 rings (SSSR count). The number of aromatic nitrogens is 2. The van der Waals surface area contributed by atoms with Gasteiger partial charge in [0.1, 0.15) is 0 Å². The zero-order valence-electron chi connectivity index (χ0n) is 17.7. The largest absolute Gasteiger partial charge is 0.481 e. The lowest BCUT2D eigenvalue weighted by atomic mass is 9.75. The third kappa shape index (κ3) is 4.45. The van der Waals surface area contributed by atoms with E-state index in [9.17, 15) is 4.79 Å². The van der Waals surface area contributed by atoms with Crippen molar-refractivity contribution in [3.05, 3.63) is 66.0 Å². The molecule has 30 heavy (non-hydrogen) atoms. The van der Waals surface area contributed by atoms with E-state index in [2.05, 4.69) is 46.5 Å². The molecule has 1 aromatic carbocycles. The monoisotopic (exact) mass is 403 g/mol. The normalized spacial score (nSPS) is 19.9. The van der Waals surface area contributed by atoms with Crippen LogP contribution in [0.5, 0.6) is 5.88 Å². The second-order valence-corrected chi connectivity index (χ2v) is 8.15. The van der Waals surface area contributed by atoms with E-state index in [4.69, 9.17) is 4.74 Å². The van der Waals surface area contributed by atoms with Crippen LogP contribution >= 0.6 is 0 Å². The van der Waals surface area contributed by atoms with Gasteiger partial charge in [-0.15, -0.1) is 0 Å². The molecular formula is C25H29N3O2. The average molecular weight is 404 g/mol. The van der Waals surface area contributed by atoms with Crippen molar-refractivity contribution in [2.45, 2.75) is 51.0 Å². The number of nitrogens with one attached hydrogen (secondary N) is 1. The van der Waals surface area contributed by atoms with Crippen LogP contribution in [-0.4, -0.2) is 29.0 Å². The van der Waals surface area contributed by atoms with Crippen molar-refractivity contribution in [2.24, 2.45) is 5.92 Å². The number of rotatable bonds is 6. The molecule has 1 aliphatic rings. The molecule has 0 saturated heterocycles. The van der Waals surface area contributed by atoms with Crippen molar-refractivity contribution in [1.82, 2.24) is 15.3 Å². The van der Waals surface area contributed by atoms with Gasteiger partial charge in [0.2, 0.25) is 5.88 Å². The minimum atomic E-state index is -0.0575. The molecule has 0 unspecified atom stereocenters. The number of pyridine rings is 2. The van der Waals surface area contributed by atoms with Gasteiger partial charge in [0, 0.05) is 29.9 Å². The molecule has 5 nitrogen and oxygen atoms in total. The Balaban J connectivity index is 1.37. The summed E-state index contributed by atoms with van der Waals surface area (Å²) < 4.78 is 5.07. The summed E-state index contributed by atoms with van der Waals surface area (Å²) in [6, 6.07) is 14.3. The van der Waals surface area contributed by atoms with Gasteiger partial charge in [0.05, 0.1) is 18.2 Å². The molecule has 1 aliphatic carbocycles. The number of hydrogen-bond donors (Lipinski definition) is 1. The Hall–Kier alpha value is -2.95. The summed E-state index contributed by atoms with van der Waals surface area (Å²) in [4.78, 5) is 21.4. The van der Waals surface area contributed by atoms with Crippen LogP contribution in [-0.2, 0) is 0 Å². The predicted octanol–water partition coefficient (Wildman–Crippen LogP) is 5.12. The number of ether oxygens (including phenoxy) is 1. The first-order valence-corrected chi connectivity index (χ1v) is 10.8. The maximum atomic E-state index is 12.7. The van der Waals surface area contributed by atoms with Crippen molar-refractivity contribution in [1.29, 1.82) is 0 Å². The quantitative estimate of drug-likeness (QED) is 0.620. The smallest absolute Gasteiger partial charge is 0.253 e. The van der Waals surface area contributed by atoms with Crippen molar-refractivity contribution < 1.29 is 9.53 Å². The standard InChI is InChI=1S/C25H29N3O2/c1-3-22(28-25(29)20-12-13-24(30-2)27-15-20)18-10-8-17(9-11-18)21-14-19-6-4-5-7-23(19)26-16-21/h4-7,12-18,22H,3,8-11H2,1-2H3,(H,28,29)/t17-,18+,22-/m0/s1. The zero-order valence-corrected chi connectivity index (χ0v) is 17.7. The van der Waals surface area contributed by atoms with E-state index in [1.54, 1.807) is 25.4 Å². The molecule has 5 heteroatoms. The molecule has 1 fully saturated rings. The molecule has 3 aromatic rings. The highest BCUT2D eigenvalue weighted by molar-refractivity contribution is 5.94. The Bertz CT molecular complexity index is 995. The number of carbonyl (C=O) groups excluding carboxylic acids is 1. The van der Waals surface area contributed by atoms with Crippen LogP contribution in [0.15, 0.2) is 54.9 Å². The first-order valence-electron chi connectivity index (χ1n) is 10.8. The third-order valence-electron chi connectivity index (χ3n) is 6.39. The number of amides is 1. The van der Waals surface area contributed by atoms with E-state index in [0.717, 1.165) is 37.6 Å². The highest BCUT2D eigenvalue weighted by Crippen LogP contribution is 2.38. The molecule has 2 aromatic heterocycles. The summed E-state index contributed by atoms with van der Waals surface area (Å²) in [6.07, 6.45) is 9.08. The SMILES string of the molecule is CC[C@H](NC(=O)c1ccc(OC)nc1)[C@H]1CC[C@@H](c2cnc3ccccc3c2)CC1. The fraction of sp³-hybridized carbons (Fsp3) is 0.400. The lowest BCUT2D eigenvalue weighted by molar-refractivity contribution is 0.0909. The van der Waals surface area contributed by atoms with E-state index in [0.29, 0.717) is 23.3 Å². The highest BCUT2D eigenvalue weighted by Gasteiger charge is 2.29. The van der Waals surface area contributed by atoms with Crippen molar-refractivity contribution in [3.63, 3.8) is 0 Å². The molecule has 1 N–H and O–H groups in total. The molecule has 1 atom stereocenters. The molecule has 0 bridgehead atoms. The predicted molar refractivity (Wildman–Crippen MR) is 119 cm³/mol. The zero-order chi connectivity index (χ0) is 20.9. The first kappa shape index (κ1) is 20.3. The van der Waals surface area contributed by atoms with Crippen LogP contribution in [0.25, 0.3) is 10.9 Å². The molecule has 0 aliphatic heterocycles. The average Bonchev–Trinajstić information content (AvgIpc) is 2.82. The number of fused-ring (bicyclic) bond motifs is 1. The maximum absolute atomic E-state index is 12.7. The molecule has 1 saturated carbocycles. The number of nitrogens with zero attached hydrogens (tertiary/aromatic N) is 2. The summed E-state index contributed by atoms with van der Waals surface area (Å²) in [7, 11) is 1.57. The Morgan fingerprint density at radius 1 is 1.10 bits per heavy atom. The lowest BCUT2D eigenvalue weighted by Gasteiger charge is -2.34. The van der Waals surface area contributed by atoms with Crippen LogP contribution in [0.4, 0.5) is 0 Å². The third-order valence-corrected chi connectivity index (χ3v) is 6.39. The summed E-state index contributed by atoms with van der Waals surface area (Å²) >= 11 is 0. The summed E-state index contributed by atoms with van der Waals surface area (Å²) in [5.74, 6) is 1.52. The van der Waals surface area contributed by atoms with Gasteiger partial charge in [0.25, 0.3) is 5.91 Å². The fourth-order valence-electron chi connectivity index (χ4n) is 4.61. The highest BCUT2D eigenvalue weighted by atomic mass is 16.5. The summed E-state index contributed by atoms with van der Waals surface area (Å²) in [6.45, 7) is 2.15. The van der Waals surface area contributed by atoms with Crippen molar-refractivity contribution >= 4 is 16.8 Å². The van der Waals surface area contributed by atoms with E-state index >= 15 is 0 Å². The molecule has 1 amide bonds. The molecule has 0 spiro atoms. The van der Waals surface area contributed by atoms with Gasteiger partial charge in [-0.25, -0.2) is 4.98 Å². The van der Waals surface area contributed by atoms with Gasteiger partial charge in [-0.3, -0.25) is 9.78 Å². The van der Waals surface area contributed by atoms with E-state index in [-0.39, 0.29) is 11.9 Å². The molecule has 2 heterocycles. The lowest BCUT2D eigenvalue weighted by Crippen LogP contribution is -2.41. The summed E-state index contributed by atoms with van der Waals surface area (Å²) in [5.41, 5.74) is 2.97. The number of para-hydroxylation sites is 1. The van der Waals surface area contributed by atoms with E-state index < -0.39 is 0 Å². The number of methoxy groups -OCH3 is 1. The number of benzene rings is 1. The number of carbonyl (C=O) groups is 1. The topological polar surface area (TPSA) is 64.1 Å². The van der Waals surface area contributed by atoms with Crippen LogP contribution in [0.1, 0.15) is 60.9 Å². The van der Waals surface area contributed by atoms with Crippen LogP contribution in [0, 0.1) is 5.92 Å². The first-order chi connectivity index (χ1) is 14.7. The van der Waals surface area contributed by atoms with Gasteiger partial charge >= 0.3 is 0 Å². The van der Waals surface area contributed by atoms with Gasteiger partial charge in [-0.2, -0.15) is 0 Å². The second kappa shape index (κ2) is 9.24. The van der Waals surface area contributed by atoms with Crippen LogP contribution in [0.2, 0.25) is 0 Å². The van der Waals surface area contributed by atoms with Gasteiger partial charge in [-0.05, 0) is 67.7 Å². The molecule has 0 radical (unpaired) electrons. The Morgan fingerprint density at radius 2 is 1.90 bits per heavy atom. The van der Waals surface area contributed by atoms with Gasteiger partial charge in [-0.1, -0.05) is 25.1 Å². The Morgan fingerprint density at radius 3 is 2.60 bits per heavy atom. The molecular weight excluding hydrogens is 374 g/mol. The van der Waals surface area contributed by atoms with Crippen molar-refractivity contribution in [2.75, 3.05) is 7.11 Å². The fourth-order valence-corrected chi connectivity index (χ4v) is 4.61. The Labute approximate surface area is 177 Å². The van der Waals surface area contributed by atoms with Gasteiger partial charge in [0.15, 0.2) is 0 Å². The minimum Gasteiger partial charge on any atom is -0.481 e. The number of hydrogen-bond acceptors (Lipinski definition) is 4. The van der Waals surface area contributed by atoms with Crippen LogP contribution < -0.4 is 10.1 Å². The Kier molecular flexibility index (Phi) is 6.26. The minimum absolute atomic E-state index is 0.0575. The second-order valence-electron chi connectivity index (χ2n) is 8.15. The van der Waals surface area contributed by atoms with E-state index in [1.807, 2.05) is 12.3 Å². The maximum Gasteiger partial charge on any atom is 0.253 e. The van der Waals surface area contributed by atoms with Crippen LogP contribution in [0.3, 0.4) is 0 Å². The summed E-state index contributed by atoms with van der Waals surface area (Å²) in [5, 5.41) is 4.45. The van der Waals surface area contributed by atoms with Gasteiger partial charge < -0.3 is 10.1 Å².